The molecule has 3 N–H and O–H groups in total. The molecule has 0 unspecified atom stereocenters. The van der Waals surface area contributed by atoms with Gasteiger partial charge in [0, 0.05) is 12.2 Å². The molecule has 0 spiro atoms. The van der Waals surface area contributed by atoms with E-state index < -0.39 is 0 Å². The molecule has 0 atom stereocenters. The van der Waals surface area contributed by atoms with Gasteiger partial charge in [0.05, 0.1) is 6.54 Å². The maximum Gasteiger partial charge on any atom is 0.319 e. The number of urea groups is 1. The van der Waals surface area contributed by atoms with Crippen molar-refractivity contribution >= 4 is 17.6 Å². The highest BCUT2D eigenvalue weighted by molar-refractivity contribution is 5.92. The van der Waals surface area contributed by atoms with Gasteiger partial charge in [0.25, 0.3) is 0 Å². The summed E-state index contributed by atoms with van der Waals surface area (Å²) >= 11 is 0. The summed E-state index contributed by atoms with van der Waals surface area (Å²) < 4.78 is 0. The van der Waals surface area contributed by atoms with Crippen LogP contribution in [-0.4, -0.2) is 25.0 Å². The van der Waals surface area contributed by atoms with E-state index in [4.69, 9.17) is 0 Å². The molecule has 0 aromatic heterocycles. The number of benzene rings is 1. The molecule has 0 fully saturated rings. The Labute approximate surface area is 113 Å². The number of nitrogens with one attached hydrogen (secondary N) is 3. The van der Waals surface area contributed by atoms with Crippen molar-refractivity contribution in [1.29, 1.82) is 0 Å². The van der Waals surface area contributed by atoms with Crippen LogP contribution in [0.3, 0.4) is 0 Å². The van der Waals surface area contributed by atoms with Crippen LogP contribution in [0.2, 0.25) is 0 Å². The Kier molecular flexibility index (Phi) is 5.85. The van der Waals surface area contributed by atoms with Crippen LogP contribution in [0.1, 0.15) is 24.5 Å². The monoisotopic (exact) mass is 263 g/mol. The van der Waals surface area contributed by atoms with Gasteiger partial charge >= 0.3 is 6.03 Å². The van der Waals surface area contributed by atoms with Crippen molar-refractivity contribution in [3.8, 4) is 0 Å². The van der Waals surface area contributed by atoms with Crippen molar-refractivity contribution in [3.63, 3.8) is 0 Å². The van der Waals surface area contributed by atoms with Crippen molar-refractivity contribution in [2.75, 3.05) is 18.4 Å². The number of rotatable bonds is 5. The third kappa shape index (κ3) is 5.42. The van der Waals surface area contributed by atoms with Gasteiger partial charge in [-0.2, -0.15) is 0 Å². The zero-order valence-corrected chi connectivity index (χ0v) is 11.7. The molecular formula is C14H21N3O2. The largest absolute Gasteiger partial charge is 0.355 e. The summed E-state index contributed by atoms with van der Waals surface area (Å²) in [7, 11) is 0. The molecule has 0 aliphatic rings. The zero-order valence-electron chi connectivity index (χ0n) is 11.7. The summed E-state index contributed by atoms with van der Waals surface area (Å²) in [5.41, 5.74) is 3.00. The molecule has 0 aliphatic carbocycles. The molecule has 0 saturated carbocycles. The van der Waals surface area contributed by atoms with Crippen LogP contribution in [0.4, 0.5) is 10.5 Å². The van der Waals surface area contributed by atoms with E-state index in [2.05, 4.69) is 16.0 Å². The first-order valence-corrected chi connectivity index (χ1v) is 6.41. The van der Waals surface area contributed by atoms with Crippen LogP contribution in [0, 0.1) is 13.8 Å². The molecule has 1 rings (SSSR count). The van der Waals surface area contributed by atoms with Gasteiger partial charge in [-0.05, 0) is 43.5 Å². The minimum Gasteiger partial charge on any atom is -0.355 e. The maximum atomic E-state index is 11.6. The quantitative estimate of drug-likeness (QED) is 0.760. The molecular weight excluding hydrogens is 242 g/mol. The van der Waals surface area contributed by atoms with E-state index in [9.17, 15) is 9.59 Å². The Morgan fingerprint density at radius 3 is 2.47 bits per heavy atom. The molecule has 5 heteroatoms. The molecule has 3 amide bonds. The normalized spacial score (nSPS) is 9.84. The number of hydrogen-bond donors (Lipinski definition) is 3. The fourth-order valence-corrected chi connectivity index (χ4v) is 1.48. The van der Waals surface area contributed by atoms with E-state index in [0.29, 0.717) is 6.54 Å². The summed E-state index contributed by atoms with van der Waals surface area (Å²) in [6.45, 7) is 6.57. The lowest BCUT2D eigenvalue weighted by Gasteiger charge is -2.09. The second-order valence-corrected chi connectivity index (χ2v) is 4.46. The summed E-state index contributed by atoms with van der Waals surface area (Å²) in [6.07, 6.45) is 0.876. The molecule has 104 valence electrons. The van der Waals surface area contributed by atoms with Crippen LogP contribution >= 0.6 is 0 Å². The topological polar surface area (TPSA) is 70.2 Å². The lowest BCUT2D eigenvalue weighted by atomic mass is 10.1. The first-order chi connectivity index (χ1) is 9.02. The van der Waals surface area contributed by atoms with E-state index in [-0.39, 0.29) is 18.5 Å². The van der Waals surface area contributed by atoms with Gasteiger partial charge in [0.15, 0.2) is 0 Å². The molecule has 0 radical (unpaired) electrons. The summed E-state index contributed by atoms with van der Waals surface area (Å²) in [6, 6.07) is 5.29. The highest BCUT2D eigenvalue weighted by atomic mass is 16.2. The van der Waals surface area contributed by atoms with E-state index >= 15 is 0 Å². The van der Waals surface area contributed by atoms with E-state index in [1.54, 1.807) is 0 Å². The predicted molar refractivity (Wildman–Crippen MR) is 76.2 cm³/mol. The lowest BCUT2D eigenvalue weighted by Crippen LogP contribution is -2.39. The van der Waals surface area contributed by atoms with Gasteiger partial charge in [0.2, 0.25) is 5.91 Å². The first kappa shape index (κ1) is 15.0. The number of amides is 3. The standard InChI is InChI=1S/C14H21N3O2/c1-4-7-15-13(18)9-16-14(19)17-12-6-5-10(2)11(3)8-12/h5-6,8H,4,7,9H2,1-3H3,(H,15,18)(H2,16,17,19). The molecule has 0 aliphatic heterocycles. The number of carbonyl (C=O) groups excluding carboxylic acids is 2. The van der Waals surface area contributed by atoms with Crippen LogP contribution in [0.25, 0.3) is 0 Å². The number of hydrogen-bond acceptors (Lipinski definition) is 2. The minimum absolute atomic E-state index is 0.0172. The Balaban J connectivity index is 2.38. The van der Waals surface area contributed by atoms with Gasteiger partial charge in [-0.1, -0.05) is 13.0 Å². The maximum absolute atomic E-state index is 11.6. The van der Waals surface area contributed by atoms with Crippen LogP contribution in [0.5, 0.6) is 0 Å². The molecule has 5 nitrogen and oxygen atoms in total. The number of anilines is 1. The van der Waals surface area contributed by atoms with Crippen LogP contribution in [0.15, 0.2) is 18.2 Å². The third-order valence-electron chi connectivity index (χ3n) is 2.75. The van der Waals surface area contributed by atoms with E-state index in [0.717, 1.165) is 17.7 Å². The van der Waals surface area contributed by atoms with E-state index in [1.807, 2.05) is 39.0 Å². The highest BCUT2D eigenvalue weighted by Gasteiger charge is 2.05. The fourth-order valence-electron chi connectivity index (χ4n) is 1.48. The van der Waals surface area contributed by atoms with Gasteiger partial charge in [-0.25, -0.2) is 4.79 Å². The number of carbonyl (C=O) groups is 2. The molecule has 1 aromatic rings. The van der Waals surface area contributed by atoms with Gasteiger partial charge < -0.3 is 16.0 Å². The first-order valence-electron chi connectivity index (χ1n) is 6.41. The molecule has 19 heavy (non-hydrogen) atoms. The van der Waals surface area contributed by atoms with Crippen molar-refractivity contribution in [1.82, 2.24) is 10.6 Å². The van der Waals surface area contributed by atoms with Gasteiger partial charge in [0.1, 0.15) is 0 Å². The molecule has 0 heterocycles. The van der Waals surface area contributed by atoms with Crippen molar-refractivity contribution in [2.45, 2.75) is 27.2 Å². The molecule has 0 bridgehead atoms. The highest BCUT2D eigenvalue weighted by Crippen LogP contribution is 2.13. The van der Waals surface area contributed by atoms with Gasteiger partial charge in [-0.15, -0.1) is 0 Å². The predicted octanol–water partition coefficient (Wildman–Crippen LogP) is 1.95. The minimum atomic E-state index is -0.380. The average molecular weight is 263 g/mol. The van der Waals surface area contributed by atoms with Crippen molar-refractivity contribution in [2.24, 2.45) is 0 Å². The fraction of sp³-hybridized carbons (Fsp3) is 0.429. The van der Waals surface area contributed by atoms with E-state index in [1.165, 1.54) is 5.56 Å². The Bertz CT molecular complexity index is 458. The lowest BCUT2D eigenvalue weighted by molar-refractivity contribution is -0.120. The van der Waals surface area contributed by atoms with Crippen molar-refractivity contribution in [3.05, 3.63) is 29.3 Å². The second kappa shape index (κ2) is 7.41. The average Bonchev–Trinajstić information content (AvgIpc) is 2.38. The van der Waals surface area contributed by atoms with Crippen LogP contribution < -0.4 is 16.0 Å². The SMILES string of the molecule is CCCNC(=O)CNC(=O)Nc1ccc(C)c(C)c1. The molecule has 0 saturated heterocycles. The third-order valence-corrected chi connectivity index (χ3v) is 2.75. The number of aryl methyl sites for hydroxylation is 2. The summed E-state index contributed by atoms with van der Waals surface area (Å²) in [5.74, 6) is -0.183. The Morgan fingerprint density at radius 1 is 1.11 bits per heavy atom. The zero-order chi connectivity index (χ0) is 14.3. The van der Waals surface area contributed by atoms with Crippen molar-refractivity contribution < 1.29 is 9.59 Å². The second-order valence-electron chi connectivity index (χ2n) is 4.46. The summed E-state index contributed by atoms with van der Waals surface area (Å²) in [5, 5.41) is 7.89. The van der Waals surface area contributed by atoms with Gasteiger partial charge in [-0.3, -0.25) is 4.79 Å². The Morgan fingerprint density at radius 2 is 1.84 bits per heavy atom. The summed E-state index contributed by atoms with van der Waals surface area (Å²) in [4.78, 5) is 22.9. The molecule has 1 aromatic carbocycles. The van der Waals surface area contributed by atoms with Crippen LogP contribution in [-0.2, 0) is 4.79 Å². The Hall–Kier alpha value is -2.04. The smallest absolute Gasteiger partial charge is 0.319 e.